The van der Waals surface area contributed by atoms with Gasteiger partial charge in [-0.05, 0) is 29.8 Å². The number of nitriles is 1. The van der Waals surface area contributed by atoms with Crippen LogP contribution in [0.2, 0.25) is 0 Å². The van der Waals surface area contributed by atoms with E-state index < -0.39 is 6.36 Å². The van der Waals surface area contributed by atoms with Crippen LogP contribution in [0.4, 0.5) is 13.2 Å². The predicted molar refractivity (Wildman–Crippen MR) is 60.8 cm³/mol. The van der Waals surface area contributed by atoms with Crippen LogP contribution in [-0.2, 0) is 4.79 Å². The zero-order chi connectivity index (χ0) is 14.3. The number of allylic oxidation sites excluding steroid dienone is 1. The summed E-state index contributed by atoms with van der Waals surface area (Å²) in [5.41, 5.74) is 0.811. The van der Waals surface area contributed by atoms with Crippen LogP contribution in [-0.4, -0.2) is 19.2 Å². The van der Waals surface area contributed by atoms with E-state index in [0.717, 1.165) is 18.2 Å². The first-order valence-corrected chi connectivity index (χ1v) is 5.10. The third-order valence-electron chi connectivity index (χ3n) is 1.98. The van der Waals surface area contributed by atoms with Gasteiger partial charge in [0.25, 0.3) is 0 Å². The number of aldehydes is 1. The number of ether oxygens (including phenoxy) is 1. The Labute approximate surface area is 107 Å². The van der Waals surface area contributed by atoms with E-state index in [9.17, 15) is 18.0 Å². The smallest absolute Gasteiger partial charge is 0.406 e. The zero-order valence-corrected chi connectivity index (χ0v) is 9.57. The van der Waals surface area contributed by atoms with E-state index in [0.29, 0.717) is 17.5 Å². The number of carbonyl (C=O) groups excluding carboxylic acids is 1. The first-order chi connectivity index (χ1) is 8.96. The molecule has 0 unspecified atom stereocenters. The Balaban J connectivity index is 2.87. The van der Waals surface area contributed by atoms with Gasteiger partial charge in [-0.3, -0.25) is 0 Å². The summed E-state index contributed by atoms with van der Waals surface area (Å²) >= 11 is 0. The van der Waals surface area contributed by atoms with Gasteiger partial charge in [-0.1, -0.05) is 0 Å². The fourth-order valence-corrected chi connectivity index (χ4v) is 1.29. The summed E-state index contributed by atoms with van der Waals surface area (Å²) in [7, 11) is 0. The van der Waals surface area contributed by atoms with Crippen molar-refractivity contribution in [1.82, 2.24) is 5.32 Å². The Morgan fingerprint density at radius 1 is 1.37 bits per heavy atom. The van der Waals surface area contributed by atoms with Crippen LogP contribution in [0.25, 0.3) is 5.70 Å². The van der Waals surface area contributed by atoms with Gasteiger partial charge in [0.05, 0.1) is 18.3 Å². The van der Waals surface area contributed by atoms with Gasteiger partial charge in [0.1, 0.15) is 12.0 Å². The van der Waals surface area contributed by atoms with E-state index in [1.807, 2.05) is 0 Å². The topological polar surface area (TPSA) is 62.1 Å². The maximum atomic E-state index is 12.0. The molecular weight excluding hydrogens is 261 g/mol. The van der Waals surface area contributed by atoms with Gasteiger partial charge in [0.2, 0.25) is 0 Å². The number of hydrogen-bond acceptors (Lipinski definition) is 4. The minimum absolute atomic E-state index is 0.00564. The van der Waals surface area contributed by atoms with Crippen molar-refractivity contribution in [3.05, 3.63) is 35.9 Å². The van der Waals surface area contributed by atoms with Crippen molar-refractivity contribution in [2.45, 2.75) is 6.36 Å². The van der Waals surface area contributed by atoms with Gasteiger partial charge in [-0.2, -0.15) is 5.26 Å². The van der Waals surface area contributed by atoms with Gasteiger partial charge in [0.15, 0.2) is 0 Å². The van der Waals surface area contributed by atoms with Crippen LogP contribution in [0.1, 0.15) is 5.56 Å². The van der Waals surface area contributed by atoms with Crippen molar-refractivity contribution in [1.29, 1.82) is 5.26 Å². The minimum atomic E-state index is -4.75. The second-order valence-electron chi connectivity index (χ2n) is 3.31. The Morgan fingerprint density at radius 3 is 2.47 bits per heavy atom. The molecule has 0 amide bonds. The highest BCUT2D eigenvalue weighted by molar-refractivity contribution is 5.69. The molecule has 0 aliphatic rings. The first kappa shape index (κ1) is 14.6. The highest BCUT2D eigenvalue weighted by Gasteiger charge is 2.30. The van der Waals surface area contributed by atoms with Crippen molar-refractivity contribution < 1.29 is 22.7 Å². The highest BCUT2D eigenvalue weighted by atomic mass is 19.4. The first-order valence-electron chi connectivity index (χ1n) is 5.10. The minimum Gasteiger partial charge on any atom is -0.406 e. The normalized spacial score (nSPS) is 11.6. The van der Waals surface area contributed by atoms with E-state index >= 15 is 0 Å². The summed E-state index contributed by atoms with van der Waals surface area (Å²) in [6, 6.07) is 6.72. The van der Waals surface area contributed by atoms with E-state index in [2.05, 4.69) is 10.1 Å². The maximum Gasteiger partial charge on any atom is 0.573 e. The largest absolute Gasteiger partial charge is 0.573 e. The van der Waals surface area contributed by atoms with Crippen molar-refractivity contribution >= 4 is 12.0 Å². The van der Waals surface area contributed by atoms with E-state index in [-0.39, 0.29) is 12.3 Å². The Bertz CT molecular complexity index is 501. The Hall–Kier alpha value is -2.49. The molecule has 100 valence electrons. The molecule has 0 bridgehead atoms. The molecule has 0 aliphatic carbocycles. The van der Waals surface area contributed by atoms with Crippen LogP contribution < -0.4 is 10.1 Å². The zero-order valence-electron chi connectivity index (χ0n) is 9.57. The summed E-state index contributed by atoms with van der Waals surface area (Å²) in [5.74, 6) is -0.358. The van der Waals surface area contributed by atoms with Crippen LogP contribution in [0.5, 0.6) is 5.75 Å². The summed E-state index contributed by atoms with van der Waals surface area (Å²) in [4.78, 5) is 10.2. The fraction of sp³-hybridized carbons (Fsp3) is 0.167. The number of benzene rings is 1. The summed E-state index contributed by atoms with van der Waals surface area (Å²) in [6.45, 7) is -0.00564. The van der Waals surface area contributed by atoms with E-state index in [1.54, 1.807) is 6.07 Å². The number of rotatable bonds is 5. The third kappa shape index (κ3) is 5.12. The van der Waals surface area contributed by atoms with Gasteiger partial charge in [0, 0.05) is 6.08 Å². The van der Waals surface area contributed by atoms with Crippen LogP contribution in [0.3, 0.4) is 0 Å². The number of alkyl halides is 3. The van der Waals surface area contributed by atoms with Crippen molar-refractivity contribution in [2.24, 2.45) is 0 Å². The molecule has 0 spiro atoms. The summed E-state index contributed by atoms with van der Waals surface area (Å²) in [5, 5.41) is 11.2. The Morgan fingerprint density at radius 2 is 2.00 bits per heavy atom. The number of nitrogens with zero attached hydrogens (tertiary/aromatic N) is 1. The molecule has 0 saturated heterocycles. The molecule has 0 aliphatic heterocycles. The molecule has 0 saturated carbocycles. The van der Waals surface area contributed by atoms with Gasteiger partial charge >= 0.3 is 6.36 Å². The van der Waals surface area contributed by atoms with E-state index in [4.69, 9.17) is 5.26 Å². The molecule has 1 rings (SSSR count). The average Bonchev–Trinajstić information content (AvgIpc) is 2.34. The van der Waals surface area contributed by atoms with Gasteiger partial charge in [-0.15, -0.1) is 13.2 Å². The average molecular weight is 270 g/mol. The molecule has 0 heterocycles. The molecule has 0 aromatic heterocycles. The standard InChI is InChI=1S/C12H9F3N2O2/c13-12(14,15)19-10-3-1-9(2-4-10)11(5-6-16)17-7-8-18/h1-5,8,17H,7H2. The van der Waals surface area contributed by atoms with Crippen LogP contribution >= 0.6 is 0 Å². The number of carbonyl (C=O) groups is 1. The lowest BCUT2D eigenvalue weighted by atomic mass is 10.1. The number of halogens is 3. The van der Waals surface area contributed by atoms with Crippen LogP contribution in [0, 0.1) is 11.3 Å². The molecule has 1 aromatic carbocycles. The quantitative estimate of drug-likeness (QED) is 0.658. The SMILES string of the molecule is N#CC=C(NCC=O)c1ccc(OC(F)(F)F)cc1. The second-order valence-corrected chi connectivity index (χ2v) is 3.31. The lowest BCUT2D eigenvalue weighted by Crippen LogP contribution is -2.17. The summed E-state index contributed by atoms with van der Waals surface area (Å²) < 4.78 is 39.6. The van der Waals surface area contributed by atoms with Crippen molar-refractivity contribution in [2.75, 3.05) is 6.54 Å². The number of nitrogens with one attached hydrogen (secondary N) is 1. The Kier molecular flexibility index (Phi) is 4.94. The molecule has 1 aromatic rings. The van der Waals surface area contributed by atoms with Gasteiger partial charge < -0.3 is 14.8 Å². The van der Waals surface area contributed by atoms with Crippen LogP contribution in [0.15, 0.2) is 30.3 Å². The van der Waals surface area contributed by atoms with Crippen molar-refractivity contribution in [3.8, 4) is 11.8 Å². The lowest BCUT2D eigenvalue weighted by molar-refractivity contribution is -0.274. The molecule has 7 heteroatoms. The molecule has 0 radical (unpaired) electrons. The molecule has 19 heavy (non-hydrogen) atoms. The summed E-state index contributed by atoms with van der Waals surface area (Å²) in [6.07, 6.45) is -2.99. The maximum absolute atomic E-state index is 12.0. The fourth-order valence-electron chi connectivity index (χ4n) is 1.29. The molecular formula is C12H9F3N2O2. The molecule has 0 fully saturated rings. The molecule has 4 nitrogen and oxygen atoms in total. The monoisotopic (exact) mass is 270 g/mol. The highest BCUT2D eigenvalue weighted by Crippen LogP contribution is 2.24. The second kappa shape index (κ2) is 6.44. The van der Waals surface area contributed by atoms with E-state index in [1.165, 1.54) is 12.1 Å². The molecule has 0 atom stereocenters. The number of hydrogen-bond donors (Lipinski definition) is 1. The predicted octanol–water partition coefficient (Wildman–Crippen LogP) is 2.24. The van der Waals surface area contributed by atoms with Gasteiger partial charge in [-0.25, -0.2) is 0 Å². The van der Waals surface area contributed by atoms with Crippen molar-refractivity contribution in [3.63, 3.8) is 0 Å². The molecule has 1 N–H and O–H groups in total. The third-order valence-corrected chi connectivity index (χ3v) is 1.98. The lowest BCUT2D eigenvalue weighted by Gasteiger charge is -2.11.